The summed E-state index contributed by atoms with van der Waals surface area (Å²) >= 11 is 7.17. The van der Waals surface area contributed by atoms with Crippen molar-refractivity contribution in [2.75, 3.05) is 0 Å². The van der Waals surface area contributed by atoms with Gasteiger partial charge in [-0.2, -0.15) is 0 Å². The van der Waals surface area contributed by atoms with Crippen molar-refractivity contribution < 1.29 is 9.90 Å². The number of aromatic nitrogens is 1. The van der Waals surface area contributed by atoms with Crippen molar-refractivity contribution in [2.24, 2.45) is 0 Å². The highest BCUT2D eigenvalue weighted by atomic mass is 35.5. The van der Waals surface area contributed by atoms with Crippen LogP contribution in [-0.4, -0.2) is 16.1 Å². The molecule has 0 unspecified atom stereocenters. The zero-order valence-corrected chi connectivity index (χ0v) is 14.0. The third kappa shape index (κ3) is 4.62. The van der Waals surface area contributed by atoms with E-state index in [0.29, 0.717) is 21.3 Å². The summed E-state index contributed by atoms with van der Waals surface area (Å²) in [5.74, 6) is -0.972. The molecule has 0 saturated carbocycles. The van der Waals surface area contributed by atoms with E-state index in [1.54, 1.807) is 25.1 Å². The highest BCUT2D eigenvalue weighted by Gasteiger charge is 2.18. The lowest BCUT2D eigenvalue weighted by Crippen LogP contribution is -1.95. The first-order valence-corrected chi connectivity index (χ1v) is 7.74. The number of carboxylic acids is 1. The number of carbonyl (C=O) groups is 1. The summed E-state index contributed by atoms with van der Waals surface area (Å²) in [5.41, 5.74) is 1.10. The number of halogens is 1. The molecule has 0 aliphatic carbocycles. The Morgan fingerprint density at radius 1 is 1.20 bits per heavy atom. The van der Waals surface area contributed by atoms with Crippen LogP contribution in [0, 0.1) is 6.92 Å². The van der Waals surface area contributed by atoms with E-state index in [1.165, 1.54) is 0 Å². The number of aryl methyl sites for hydroxylation is 1. The molecule has 0 saturated heterocycles. The number of carboxylic acid groups (broad SMARTS) is 1. The predicted molar refractivity (Wildman–Crippen MR) is 87.0 cm³/mol. The summed E-state index contributed by atoms with van der Waals surface area (Å²) in [5, 5.41) is 10.3. The van der Waals surface area contributed by atoms with Crippen LogP contribution in [0.4, 0.5) is 0 Å². The van der Waals surface area contributed by atoms with Crippen LogP contribution in [-0.2, 0) is 0 Å². The lowest BCUT2D eigenvalue weighted by Gasteiger charge is -2.01. The molecule has 110 valence electrons. The van der Waals surface area contributed by atoms with Crippen molar-refractivity contribution in [3.05, 3.63) is 39.2 Å². The molecule has 2 aromatic rings. The van der Waals surface area contributed by atoms with E-state index in [1.807, 2.05) is 33.8 Å². The summed E-state index contributed by atoms with van der Waals surface area (Å²) in [7, 11) is 0. The van der Waals surface area contributed by atoms with Crippen LogP contribution < -0.4 is 0 Å². The van der Waals surface area contributed by atoms with Gasteiger partial charge >= 0.3 is 5.97 Å². The first-order valence-electron chi connectivity index (χ1n) is 6.55. The minimum Gasteiger partial charge on any atom is -0.477 e. The Kier molecular flexibility index (Phi) is 8.84. The summed E-state index contributed by atoms with van der Waals surface area (Å²) in [6.07, 6.45) is 0. The predicted octanol–water partition coefficient (Wildman–Crippen LogP) is 5.52. The topological polar surface area (TPSA) is 50.2 Å². The zero-order valence-electron chi connectivity index (χ0n) is 12.4. The Balaban J connectivity index is 0.000000829. The molecule has 0 amide bonds. The molecule has 0 atom stereocenters. The molecule has 0 aliphatic rings. The van der Waals surface area contributed by atoms with Gasteiger partial charge in [0.05, 0.1) is 15.7 Å². The van der Waals surface area contributed by atoms with Gasteiger partial charge in [0.25, 0.3) is 0 Å². The Bertz CT molecular complexity index is 553. The maximum atomic E-state index is 11.0. The van der Waals surface area contributed by atoms with E-state index >= 15 is 0 Å². The van der Waals surface area contributed by atoms with Crippen molar-refractivity contribution in [3.63, 3.8) is 0 Å². The Morgan fingerprint density at radius 2 is 1.75 bits per heavy atom. The van der Waals surface area contributed by atoms with Crippen LogP contribution in [0.1, 0.15) is 42.4 Å². The normalized spacial score (nSPS) is 8.90. The molecule has 3 nitrogen and oxygen atoms in total. The number of hydrogen-bond acceptors (Lipinski definition) is 3. The molecular formula is C15H20ClNO2S. The Morgan fingerprint density at radius 3 is 2.25 bits per heavy atom. The molecule has 2 rings (SSSR count). The van der Waals surface area contributed by atoms with Gasteiger partial charge in [0.2, 0.25) is 0 Å². The van der Waals surface area contributed by atoms with Crippen LogP contribution in [0.2, 0.25) is 5.02 Å². The van der Waals surface area contributed by atoms with E-state index in [-0.39, 0.29) is 4.88 Å². The van der Waals surface area contributed by atoms with Gasteiger partial charge in [-0.05, 0) is 13.0 Å². The third-order valence-corrected chi connectivity index (χ3v) is 3.35. The summed E-state index contributed by atoms with van der Waals surface area (Å²) in [4.78, 5) is 15.5. The van der Waals surface area contributed by atoms with Crippen molar-refractivity contribution in [1.29, 1.82) is 0 Å². The van der Waals surface area contributed by atoms with E-state index in [4.69, 9.17) is 16.7 Å². The van der Waals surface area contributed by atoms with Crippen molar-refractivity contribution in [3.8, 4) is 11.3 Å². The second-order valence-electron chi connectivity index (χ2n) is 3.20. The number of benzene rings is 1. The van der Waals surface area contributed by atoms with Gasteiger partial charge in [0.15, 0.2) is 0 Å². The van der Waals surface area contributed by atoms with E-state index < -0.39 is 5.97 Å². The first kappa shape index (κ1) is 18.6. The van der Waals surface area contributed by atoms with Gasteiger partial charge in [-0.1, -0.05) is 57.5 Å². The molecule has 20 heavy (non-hydrogen) atoms. The van der Waals surface area contributed by atoms with Crippen molar-refractivity contribution in [1.82, 2.24) is 4.98 Å². The van der Waals surface area contributed by atoms with E-state index in [2.05, 4.69) is 4.98 Å². The third-order valence-electron chi connectivity index (χ3n) is 2.06. The minimum atomic E-state index is -0.972. The molecule has 0 aliphatic heterocycles. The molecule has 0 radical (unpaired) electrons. The van der Waals surface area contributed by atoms with Crippen molar-refractivity contribution in [2.45, 2.75) is 34.6 Å². The van der Waals surface area contributed by atoms with Crippen LogP contribution in [0.5, 0.6) is 0 Å². The van der Waals surface area contributed by atoms with Gasteiger partial charge in [-0.3, -0.25) is 0 Å². The lowest BCUT2D eigenvalue weighted by atomic mass is 10.1. The quantitative estimate of drug-likeness (QED) is 0.793. The monoisotopic (exact) mass is 313 g/mol. The first-order chi connectivity index (χ1) is 9.59. The average Bonchev–Trinajstić information content (AvgIpc) is 2.86. The Hall–Kier alpha value is -1.39. The van der Waals surface area contributed by atoms with Crippen LogP contribution in [0.15, 0.2) is 24.3 Å². The number of thiazole rings is 1. The SMILES string of the molecule is CC.CC.Cc1nc(-c2ccccc2Cl)c(C(=O)O)s1. The maximum absolute atomic E-state index is 11.0. The molecular weight excluding hydrogens is 294 g/mol. The van der Waals surface area contributed by atoms with Crippen LogP contribution in [0.3, 0.4) is 0 Å². The number of rotatable bonds is 2. The Labute approximate surface area is 129 Å². The standard InChI is InChI=1S/C11H8ClNO2S.2C2H6/c1-6-13-9(10(16-6)11(14)15)7-4-2-3-5-8(7)12;2*1-2/h2-5H,1H3,(H,14,15);2*1-2H3. The molecule has 0 fully saturated rings. The summed E-state index contributed by atoms with van der Waals surface area (Å²) < 4.78 is 0. The molecule has 1 heterocycles. The fourth-order valence-electron chi connectivity index (χ4n) is 1.41. The lowest BCUT2D eigenvalue weighted by molar-refractivity contribution is 0.0702. The van der Waals surface area contributed by atoms with Gasteiger partial charge in [-0.25, -0.2) is 9.78 Å². The maximum Gasteiger partial charge on any atom is 0.348 e. The van der Waals surface area contributed by atoms with Gasteiger partial charge < -0.3 is 5.11 Å². The second-order valence-corrected chi connectivity index (χ2v) is 4.81. The summed E-state index contributed by atoms with van der Waals surface area (Å²) in [6.45, 7) is 9.78. The molecule has 1 aromatic heterocycles. The minimum absolute atomic E-state index is 0.227. The molecule has 5 heteroatoms. The van der Waals surface area contributed by atoms with Gasteiger partial charge in [-0.15, -0.1) is 11.3 Å². The molecule has 1 N–H and O–H groups in total. The number of aromatic carboxylic acids is 1. The highest BCUT2D eigenvalue weighted by molar-refractivity contribution is 7.14. The number of hydrogen-bond donors (Lipinski definition) is 1. The largest absolute Gasteiger partial charge is 0.477 e. The van der Waals surface area contributed by atoms with Crippen molar-refractivity contribution >= 4 is 28.9 Å². The van der Waals surface area contributed by atoms with Crippen LogP contribution >= 0.6 is 22.9 Å². The smallest absolute Gasteiger partial charge is 0.348 e. The molecule has 0 spiro atoms. The number of nitrogens with zero attached hydrogens (tertiary/aromatic N) is 1. The van der Waals surface area contributed by atoms with Gasteiger partial charge in [0.1, 0.15) is 4.88 Å². The average molecular weight is 314 g/mol. The van der Waals surface area contributed by atoms with E-state index in [0.717, 1.165) is 11.3 Å². The molecule has 0 bridgehead atoms. The van der Waals surface area contributed by atoms with E-state index in [9.17, 15) is 4.79 Å². The summed E-state index contributed by atoms with van der Waals surface area (Å²) in [6, 6.07) is 7.09. The zero-order chi connectivity index (χ0) is 15.7. The van der Waals surface area contributed by atoms with Gasteiger partial charge in [0, 0.05) is 5.56 Å². The van der Waals surface area contributed by atoms with Crippen LogP contribution in [0.25, 0.3) is 11.3 Å². The fraction of sp³-hybridized carbons (Fsp3) is 0.333. The second kappa shape index (κ2) is 9.50. The fourth-order valence-corrected chi connectivity index (χ4v) is 2.40. The molecule has 1 aromatic carbocycles. The highest BCUT2D eigenvalue weighted by Crippen LogP contribution is 2.32.